The molecule has 2 rings (SSSR count). The van der Waals surface area contributed by atoms with E-state index in [1.165, 1.54) is 0 Å². The summed E-state index contributed by atoms with van der Waals surface area (Å²) in [4.78, 5) is 13.9. The molecular formula is C10H16BrClN4O. The van der Waals surface area contributed by atoms with Crippen LogP contribution < -0.4 is 5.32 Å². The third-order valence-electron chi connectivity index (χ3n) is 2.72. The summed E-state index contributed by atoms with van der Waals surface area (Å²) >= 11 is 3.31. The van der Waals surface area contributed by atoms with Gasteiger partial charge in [0.1, 0.15) is 6.54 Å². The monoisotopic (exact) mass is 322 g/mol. The lowest BCUT2D eigenvalue weighted by Gasteiger charge is -2.33. The van der Waals surface area contributed by atoms with Crippen LogP contribution in [0.2, 0.25) is 0 Å². The van der Waals surface area contributed by atoms with Crippen molar-refractivity contribution < 1.29 is 4.79 Å². The molecule has 7 heteroatoms. The van der Waals surface area contributed by atoms with E-state index in [0.717, 1.165) is 24.1 Å². The summed E-state index contributed by atoms with van der Waals surface area (Å²) < 4.78 is 2.55. The molecule has 1 fully saturated rings. The zero-order chi connectivity index (χ0) is 11.5. The topological polar surface area (TPSA) is 50.2 Å². The van der Waals surface area contributed by atoms with Gasteiger partial charge in [-0.25, -0.2) is 0 Å². The molecule has 1 saturated heterocycles. The normalized spacial score (nSPS) is 19.9. The SMILES string of the molecule is C[C@@H]1CNCCN1C(=O)Cn1cc(Br)cn1.Cl. The van der Waals surface area contributed by atoms with Crippen molar-refractivity contribution in [3.05, 3.63) is 16.9 Å². The summed E-state index contributed by atoms with van der Waals surface area (Å²) in [6, 6.07) is 0.264. The number of rotatable bonds is 2. The Morgan fingerprint density at radius 2 is 2.47 bits per heavy atom. The van der Waals surface area contributed by atoms with E-state index in [-0.39, 0.29) is 24.4 Å². The lowest BCUT2D eigenvalue weighted by atomic mass is 10.2. The predicted octanol–water partition coefficient (Wildman–Crippen LogP) is 0.888. The Kier molecular flexibility index (Phi) is 5.42. The molecule has 2 heterocycles. The van der Waals surface area contributed by atoms with Gasteiger partial charge in [0, 0.05) is 31.9 Å². The van der Waals surface area contributed by atoms with Gasteiger partial charge in [-0.3, -0.25) is 9.48 Å². The lowest BCUT2D eigenvalue weighted by molar-refractivity contribution is -0.134. The molecule has 96 valence electrons. The molecule has 1 aliphatic heterocycles. The van der Waals surface area contributed by atoms with Crippen molar-refractivity contribution in [2.75, 3.05) is 19.6 Å². The quantitative estimate of drug-likeness (QED) is 0.879. The number of nitrogens with zero attached hydrogens (tertiary/aromatic N) is 3. The van der Waals surface area contributed by atoms with Crippen LogP contribution in [-0.2, 0) is 11.3 Å². The number of aromatic nitrogens is 2. The molecule has 0 aromatic carbocycles. The summed E-state index contributed by atoms with van der Waals surface area (Å²) in [6.45, 7) is 4.90. The minimum atomic E-state index is 0. The third kappa shape index (κ3) is 3.69. The van der Waals surface area contributed by atoms with Crippen LogP contribution in [0.25, 0.3) is 0 Å². The molecule has 1 N–H and O–H groups in total. The minimum Gasteiger partial charge on any atom is -0.336 e. The van der Waals surface area contributed by atoms with Gasteiger partial charge in [-0.15, -0.1) is 12.4 Å². The second-order valence-corrected chi connectivity index (χ2v) is 4.91. The summed E-state index contributed by atoms with van der Waals surface area (Å²) in [5.74, 6) is 0.129. The number of hydrogen-bond donors (Lipinski definition) is 1. The van der Waals surface area contributed by atoms with Gasteiger partial charge < -0.3 is 10.2 Å². The van der Waals surface area contributed by atoms with Gasteiger partial charge in [-0.1, -0.05) is 0 Å². The van der Waals surface area contributed by atoms with Crippen molar-refractivity contribution in [1.82, 2.24) is 20.0 Å². The molecule has 0 bridgehead atoms. The fourth-order valence-electron chi connectivity index (χ4n) is 1.87. The molecule has 0 unspecified atom stereocenters. The maximum Gasteiger partial charge on any atom is 0.244 e. The second kappa shape index (κ2) is 6.37. The second-order valence-electron chi connectivity index (χ2n) is 4.00. The number of carbonyl (C=O) groups excluding carboxylic acids is 1. The van der Waals surface area contributed by atoms with E-state index in [2.05, 4.69) is 33.3 Å². The predicted molar refractivity (Wildman–Crippen MR) is 71.2 cm³/mol. The van der Waals surface area contributed by atoms with Crippen molar-refractivity contribution in [1.29, 1.82) is 0 Å². The van der Waals surface area contributed by atoms with Gasteiger partial charge in [0.2, 0.25) is 5.91 Å². The van der Waals surface area contributed by atoms with E-state index in [1.807, 2.05) is 11.1 Å². The highest BCUT2D eigenvalue weighted by Crippen LogP contribution is 2.08. The average molecular weight is 324 g/mol. The molecule has 5 nitrogen and oxygen atoms in total. The zero-order valence-electron chi connectivity index (χ0n) is 9.60. The molecule has 0 aliphatic carbocycles. The number of piperazine rings is 1. The molecule has 1 aliphatic rings. The molecule has 17 heavy (non-hydrogen) atoms. The highest BCUT2D eigenvalue weighted by molar-refractivity contribution is 9.10. The zero-order valence-corrected chi connectivity index (χ0v) is 12.0. The lowest BCUT2D eigenvalue weighted by Crippen LogP contribution is -2.53. The highest BCUT2D eigenvalue weighted by atomic mass is 79.9. The first kappa shape index (κ1) is 14.5. The van der Waals surface area contributed by atoms with E-state index in [1.54, 1.807) is 10.9 Å². The van der Waals surface area contributed by atoms with Gasteiger partial charge in [-0.05, 0) is 22.9 Å². The van der Waals surface area contributed by atoms with Crippen LogP contribution in [0.3, 0.4) is 0 Å². The Morgan fingerprint density at radius 1 is 1.71 bits per heavy atom. The van der Waals surface area contributed by atoms with E-state index < -0.39 is 0 Å². The van der Waals surface area contributed by atoms with E-state index in [0.29, 0.717) is 6.54 Å². The standard InChI is InChI=1S/C10H15BrN4O.ClH/c1-8-4-12-2-3-15(8)10(16)7-14-6-9(11)5-13-14;/h5-6,8,12H,2-4,7H2,1H3;1H/t8-;/m1./s1. The summed E-state index contributed by atoms with van der Waals surface area (Å²) in [7, 11) is 0. The van der Waals surface area contributed by atoms with Crippen molar-refractivity contribution in [2.24, 2.45) is 0 Å². The van der Waals surface area contributed by atoms with Crippen molar-refractivity contribution in [3.8, 4) is 0 Å². The average Bonchev–Trinajstić information content (AvgIpc) is 2.64. The molecule has 1 atom stereocenters. The number of hydrogen-bond acceptors (Lipinski definition) is 3. The fourth-order valence-corrected chi connectivity index (χ4v) is 2.19. The van der Waals surface area contributed by atoms with Crippen LogP contribution in [0.5, 0.6) is 0 Å². The van der Waals surface area contributed by atoms with Crippen LogP contribution in [0.1, 0.15) is 6.92 Å². The Morgan fingerprint density at radius 3 is 3.06 bits per heavy atom. The van der Waals surface area contributed by atoms with Gasteiger partial charge in [-0.2, -0.15) is 5.10 Å². The van der Waals surface area contributed by atoms with Crippen molar-refractivity contribution in [3.63, 3.8) is 0 Å². The molecule has 1 amide bonds. The molecule has 1 aromatic rings. The minimum absolute atomic E-state index is 0. The van der Waals surface area contributed by atoms with Crippen LogP contribution in [0.15, 0.2) is 16.9 Å². The van der Waals surface area contributed by atoms with Crippen LogP contribution in [0.4, 0.5) is 0 Å². The first-order valence-corrected chi connectivity index (χ1v) is 6.14. The Bertz CT molecular complexity index is 384. The van der Waals surface area contributed by atoms with Crippen LogP contribution in [0, 0.1) is 0 Å². The maximum atomic E-state index is 12.0. The van der Waals surface area contributed by atoms with E-state index >= 15 is 0 Å². The third-order valence-corrected chi connectivity index (χ3v) is 3.13. The smallest absolute Gasteiger partial charge is 0.244 e. The summed E-state index contributed by atoms with van der Waals surface area (Å²) in [5.41, 5.74) is 0. The van der Waals surface area contributed by atoms with Gasteiger partial charge in [0.15, 0.2) is 0 Å². The molecule has 0 saturated carbocycles. The van der Waals surface area contributed by atoms with E-state index in [4.69, 9.17) is 0 Å². The summed E-state index contributed by atoms with van der Waals surface area (Å²) in [5, 5.41) is 7.35. The Labute approximate surface area is 115 Å². The molecule has 1 aromatic heterocycles. The molecule has 0 radical (unpaired) electrons. The van der Waals surface area contributed by atoms with Crippen LogP contribution >= 0.6 is 28.3 Å². The first-order chi connectivity index (χ1) is 7.66. The number of halogens is 2. The maximum absolute atomic E-state index is 12.0. The number of nitrogens with one attached hydrogen (secondary N) is 1. The Balaban J connectivity index is 0.00000144. The van der Waals surface area contributed by atoms with Gasteiger partial charge in [0.05, 0.1) is 10.7 Å². The Hall–Kier alpha value is -0.590. The molecular weight excluding hydrogens is 307 g/mol. The number of amides is 1. The highest BCUT2D eigenvalue weighted by Gasteiger charge is 2.22. The van der Waals surface area contributed by atoms with Crippen molar-refractivity contribution >= 4 is 34.2 Å². The fraction of sp³-hybridized carbons (Fsp3) is 0.600. The van der Waals surface area contributed by atoms with Gasteiger partial charge >= 0.3 is 0 Å². The van der Waals surface area contributed by atoms with Gasteiger partial charge in [0.25, 0.3) is 0 Å². The number of carbonyl (C=O) groups is 1. The van der Waals surface area contributed by atoms with Crippen molar-refractivity contribution in [2.45, 2.75) is 19.5 Å². The molecule has 0 spiro atoms. The van der Waals surface area contributed by atoms with E-state index in [9.17, 15) is 4.79 Å². The van der Waals surface area contributed by atoms with Crippen LogP contribution in [-0.4, -0.2) is 46.3 Å². The largest absolute Gasteiger partial charge is 0.336 e. The summed E-state index contributed by atoms with van der Waals surface area (Å²) in [6.07, 6.45) is 3.50. The first-order valence-electron chi connectivity index (χ1n) is 5.35.